The maximum atomic E-state index is 13.9. The number of carbonyl (C=O) groups is 4. The molecule has 4 heterocycles. The van der Waals surface area contributed by atoms with Gasteiger partial charge in [-0.1, -0.05) is 5.06 Å². The SMILES string of the molecule is COC(=O)c1cc2c(s1)[C@H](O)[C@H](C(=O)NON(C(=O)OC)C(=O)C1Cc3sccc3CN1)N(S(=O)(=O)c1ccc(OC)cc1)C2. The van der Waals surface area contributed by atoms with Crippen molar-refractivity contribution in [1.82, 2.24) is 20.2 Å². The van der Waals surface area contributed by atoms with Gasteiger partial charge in [0.2, 0.25) is 10.0 Å². The molecule has 240 valence electrons. The second-order valence-electron chi connectivity index (χ2n) is 9.77. The number of rotatable bonds is 8. The first-order chi connectivity index (χ1) is 21.5. The smallest absolute Gasteiger partial charge is 0.443 e. The van der Waals surface area contributed by atoms with Gasteiger partial charge in [-0.05, 0) is 52.9 Å². The van der Waals surface area contributed by atoms with Gasteiger partial charge in [0.25, 0.3) is 11.8 Å². The molecule has 2 aliphatic rings. The van der Waals surface area contributed by atoms with E-state index in [1.807, 2.05) is 16.9 Å². The minimum absolute atomic E-state index is 0.0806. The number of amides is 3. The lowest BCUT2D eigenvalue weighted by Gasteiger charge is -2.36. The average Bonchev–Trinajstić information content (AvgIpc) is 3.71. The Kier molecular flexibility index (Phi) is 9.54. The molecular weight excluding hydrogens is 653 g/mol. The molecule has 5 rings (SSSR count). The highest BCUT2D eigenvalue weighted by atomic mass is 32.2. The number of nitrogens with zero attached hydrogens (tertiary/aromatic N) is 2. The fourth-order valence-electron chi connectivity index (χ4n) is 4.89. The molecule has 3 amide bonds. The summed E-state index contributed by atoms with van der Waals surface area (Å²) in [6.07, 6.45) is -2.79. The summed E-state index contributed by atoms with van der Waals surface area (Å²) in [5.41, 5.74) is 3.23. The van der Waals surface area contributed by atoms with Crippen LogP contribution in [-0.4, -0.2) is 80.2 Å². The number of fused-ring (bicyclic) bond motifs is 2. The van der Waals surface area contributed by atoms with Gasteiger partial charge in [-0.3, -0.25) is 9.59 Å². The molecule has 15 nitrogen and oxygen atoms in total. The molecule has 2 aromatic heterocycles. The minimum atomic E-state index is -4.48. The highest BCUT2D eigenvalue weighted by Gasteiger charge is 2.47. The van der Waals surface area contributed by atoms with E-state index in [9.17, 15) is 32.7 Å². The monoisotopic (exact) mass is 680 g/mol. The number of nitrogens with one attached hydrogen (secondary N) is 2. The predicted molar refractivity (Wildman–Crippen MR) is 157 cm³/mol. The van der Waals surface area contributed by atoms with E-state index in [0.29, 0.717) is 12.3 Å². The van der Waals surface area contributed by atoms with Gasteiger partial charge in [0.1, 0.15) is 22.8 Å². The zero-order valence-electron chi connectivity index (χ0n) is 24.0. The maximum Gasteiger partial charge on any atom is 0.443 e. The van der Waals surface area contributed by atoms with E-state index >= 15 is 0 Å². The van der Waals surface area contributed by atoms with Crippen LogP contribution in [0.1, 0.15) is 36.7 Å². The third kappa shape index (κ3) is 6.30. The Morgan fingerprint density at radius 1 is 1.07 bits per heavy atom. The Morgan fingerprint density at radius 3 is 2.47 bits per heavy atom. The lowest BCUT2D eigenvalue weighted by Crippen LogP contribution is -2.57. The van der Waals surface area contributed by atoms with E-state index in [4.69, 9.17) is 14.4 Å². The lowest BCUT2D eigenvalue weighted by molar-refractivity contribution is -0.204. The summed E-state index contributed by atoms with van der Waals surface area (Å²) in [5, 5.41) is 16.4. The fraction of sp³-hybridized carbons (Fsp3) is 0.333. The predicted octanol–water partition coefficient (Wildman–Crippen LogP) is 1.48. The fourth-order valence-corrected chi connectivity index (χ4v) is 8.52. The lowest BCUT2D eigenvalue weighted by atomic mass is 10.0. The molecule has 0 fully saturated rings. The van der Waals surface area contributed by atoms with E-state index in [1.165, 1.54) is 55.9 Å². The van der Waals surface area contributed by atoms with Crippen LogP contribution in [0.2, 0.25) is 0 Å². The number of esters is 1. The highest BCUT2D eigenvalue weighted by molar-refractivity contribution is 7.89. The zero-order valence-corrected chi connectivity index (χ0v) is 26.5. The molecule has 0 saturated heterocycles. The number of hydrogen-bond donors (Lipinski definition) is 3. The molecule has 0 spiro atoms. The summed E-state index contributed by atoms with van der Waals surface area (Å²) in [4.78, 5) is 57.8. The molecule has 3 N–H and O–H groups in total. The number of hydrogen-bond acceptors (Lipinski definition) is 14. The number of hydroxylamine groups is 3. The van der Waals surface area contributed by atoms with Crippen LogP contribution in [0.5, 0.6) is 5.75 Å². The Morgan fingerprint density at radius 2 is 1.80 bits per heavy atom. The van der Waals surface area contributed by atoms with Crippen LogP contribution >= 0.6 is 22.7 Å². The van der Waals surface area contributed by atoms with Gasteiger partial charge >= 0.3 is 12.1 Å². The second-order valence-corrected chi connectivity index (χ2v) is 13.7. The summed E-state index contributed by atoms with van der Waals surface area (Å²) in [6.45, 7) is -0.0547. The molecule has 0 saturated carbocycles. The van der Waals surface area contributed by atoms with Crippen LogP contribution in [0.25, 0.3) is 0 Å². The summed E-state index contributed by atoms with van der Waals surface area (Å²) in [7, 11) is -0.896. The van der Waals surface area contributed by atoms with Crippen molar-refractivity contribution in [2.75, 3.05) is 21.3 Å². The topological polar surface area (TPSA) is 190 Å². The van der Waals surface area contributed by atoms with E-state index in [2.05, 4.69) is 10.1 Å². The van der Waals surface area contributed by atoms with Crippen molar-refractivity contribution in [1.29, 1.82) is 0 Å². The van der Waals surface area contributed by atoms with Crippen molar-refractivity contribution in [3.63, 3.8) is 0 Å². The standard InChI is InChI=1S/C27H28N4O11S3/c1-39-16-4-6-17(7-5-16)45(37,38)30-13-15-10-20(26(35)40-2)44-23(15)22(32)21(30)24(33)29-42-31(27(36)41-3)25(34)18-11-19-14(12-28-18)8-9-43-19/h4-10,18,21-22,28,32H,11-13H2,1-3H3,(H,29,33)/t18?,21-,22-/m1/s1. The second kappa shape index (κ2) is 13.2. The largest absolute Gasteiger partial charge is 0.497 e. The van der Waals surface area contributed by atoms with E-state index in [-0.39, 0.29) is 31.7 Å². The van der Waals surface area contributed by atoms with Gasteiger partial charge in [-0.2, -0.15) is 4.31 Å². The van der Waals surface area contributed by atoms with Crippen LogP contribution in [0.4, 0.5) is 4.79 Å². The van der Waals surface area contributed by atoms with E-state index < -0.39 is 58.6 Å². The molecule has 1 unspecified atom stereocenters. The number of aliphatic hydroxyl groups is 1. The van der Waals surface area contributed by atoms with Crippen LogP contribution in [0.15, 0.2) is 46.7 Å². The van der Waals surface area contributed by atoms with Crippen LogP contribution in [-0.2, 0) is 53.5 Å². The first-order valence-electron chi connectivity index (χ1n) is 13.2. The summed E-state index contributed by atoms with van der Waals surface area (Å²) in [6, 6.07) is 5.89. The Bertz CT molecular complexity index is 1720. The van der Waals surface area contributed by atoms with E-state index in [1.54, 1.807) is 0 Å². The highest BCUT2D eigenvalue weighted by Crippen LogP contribution is 2.40. The van der Waals surface area contributed by atoms with Crippen LogP contribution in [0.3, 0.4) is 0 Å². The van der Waals surface area contributed by atoms with Gasteiger partial charge in [-0.15, -0.1) is 27.6 Å². The third-order valence-electron chi connectivity index (χ3n) is 7.21. The molecule has 0 bridgehead atoms. The van der Waals surface area contributed by atoms with Crippen molar-refractivity contribution in [3.8, 4) is 5.75 Å². The number of imide groups is 1. The number of sulfonamides is 1. The summed E-state index contributed by atoms with van der Waals surface area (Å²) < 4.78 is 43.0. The molecule has 18 heteroatoms. The van der Waals surface area contributed by atoms with Crippen LogP contribution in [0, 0.1) is 0 Å². The molecule has 0 aliphatic carbocycles. The van der Waals surface area contributed by atoms with Crippen LogP contribution < -0.4 is 15.5 Å². The van der Waals surface area contributed by atoms with E-state index in [0.717, 1.165) is 33.2 Å². The Balaban J connectivity index is 1.43. The molecule has 3 aromatic rings. The van der Waals surface area contributed by atoms with Crippen molar-refractivity contribution in [2.45, 2.75) is 42.6 Å². The van der Waals surface area contributed by atoms with Gasteiger partial charge in [0.05, 0.1) is 32.3 Å². The normalized spacial score (nSPS) is 19.5. The summed E-state index contributed by atoms with van der Waals surface area (Å²) in [5.74, 6) is -2.42. The van der Waals surface area contributed by atoms with Gasteiger partial charge in [0.15, 0.2) is 0 Å². The number of carbonyl (C=O) groups excluding carboxylic acids is 4. The molecule has 1 aromatic carbocycles. The number of methoxy groups -OCH3 is 3. The Labute approximate surface area is 265 Å². The van der Waals surface area contributed by atoms with Gasteiger partial charge in [0, 0.05) is 29.3 Å². The van der Waals surface area contributed by atoms with Crippen molar-refractivity contribution in [3.05, 3.63) is 67.5 Å². The zero-order chi connectivity index (χ0) is 32.5. The minimum Gasteiger partial charge on any atom is -0.497 e. The molecule has 2 aliphatic heterocycles. The third-order valence-corrected chi connectivity index (χ3v) is 11.3. The first-order valence-corrected chi connectivity index (χ1v) is 16.4. The molecular formula is C27H28N4O11S3. The first kappa shape index (κ1) is 32.5. The summed E-state index contributed by atoms with van der Waals surface area (Å²) >= 11 is 2.28. The number of aliphatic hydroxyl groups excluding tert-OH is 1. The van der Waals surface area contributed by atoms with Crippen molar-refractivity contribution < 1.29 is 51.9 Å². The molecule has 0 radical (unpaired) electrons. The number of ether oxygens (including phenoxy) is 3. The molecule has 45 heavy (non-hydrogen) atoms. The number of benzene rings is 1. The quantitative estimate of drug-likeness (QED) is 0.230. The molecule has 3 atom stereocenters. The van der Waals surface area contributed by atoms with Gasteiger partial charge < -0.3 is 24.6 Å². The maximum absolute atomic E-state index is 13.9. The van der Waals surface area contributed by atoms with Crippen molar-refractivity contribution >= 4 is 56.6 Å². The number of thiophene rings is 2. The average molecular weight is 681 g/mol. The van der Waals surface area contributed by atoms with Gasteiger partial charge in [-0.25, -0.2) is 23.5 Å². The Hall–Kier alpha value is -3.91. The van der Waals surface area contributed by atoms with Crippen molar-refractivity contribution in [2.24, 2.45) is 0 Å².